The summed E-state index contributed by atoms with van der Waals surface area (Å²) >= 11 is 0. The average molecular weight is 664 g/mol. The molecule has 47 heavy (non-hydrogen) atoms. The number of halogens is 2. The summed E-state index contributed by atoms with van der Waals surface area (Å²) in [6, 6.07) is 24.3. The molecule has 248 valence electrons. The molecule has 1 N–H and O–H groups in total. The Labute approximate surface area is 275 Å². The fourth-order valence-electron chi connectivity index (χ4n) is 4.92. The highest BCUT2D eigenvalue weighted by molar-refractivity contribution is 7.92. The van der Waals surface area contributed by atoms with Crippen LogP contribution in [0.3, 0.4) is 0 Å². The van der Waals surface area contributed by atoms with Gasteiger partial charge in [0.15, 0.2) is 0 Å². The predicted octanol–water partition coefficient (Wildman–Crippen LogP) is 5.97. The minimum absolute atomic E-state index is 0.0960. The van der Waals surface area contributed by atoms with Gasteiger partial charge in [-0.25, -0.2) is 17.2 Å². The van der Waals surface area contributed by atoms with Gasteiger partial charge in [-0.05, 0) is 73.0 Å². The molecule has 0 fully saturated rings. The summed E-state index contributed by atoms with van der Waals surface area (Å²) in [5.74, 6) is -1.79. The molecule has 4 aromatic rings. The largest absolute Gasteiger partial charge is 0.494 e. The van der Waals surface area contributed by atoms with Gasteiger partial charge in [-0.15, -0.1) is 0 Å². The van der Waals surface area contributed by atoms with Crippen molar-refractivity contribution in [1.29, 1.82) is 0 Å². The zero-order valence-corrected chi connectivity index (χ0v) is 27.4. The van der Waals surface area contributed by atoms with E-state index >= 15 is 4.39 Å². The van der Waals surface area contributed by atoms with Gasteiger partial charge < -0.3 is 15.0 Å². The van der Waals surface area contributed by atoms with Crippen molar-refractivity contribution >= 4 is 27.5 Å². The Morgan fingerprint density at radius 2 is 1.49 bits per heavy atom. The lowest BCUT2D eigenvalue weighted by Gasteiger charge is -2.34. The lowest BCUT2D eigenvalue weighted by Crippen LogP contribution is -2.53. The molecule has 11 heteroatoms. The average Bonchev–Trinajstić information content (AvgIpc) is 3.06. The Hall–Kier alpha value is -4.77. The fourth-order valence-corrected chi connectivity index (χ4v) is 6.34. The fraction of sp³-hybridized carbons (Fsp3) is 0.278. The van der Waals surface area contributed by atoms with Crippen LogP contribution in [0.5, 0.6) is 5.75 Å². The van der Waals surface area contributed by atoms with Crippen LogP contribution in [0.4, 0.5) is 14.5 Å². The number of carbonyl (C=O) groups excluding carboxylic acids is 2. The third-order valence-electron chi connectivity index (χ3n) is 7.37. The SMILES string of the molecule is CCOc1ccc(N(CC(=O)N(Cc2ccccc2F)C(Cc2ccccc2)C(=O)NCC(C)C)S(=O)(=O)c2ccc(F)cc2)cc1. The Balaban J connectivity index is 1.80. The molecule has 0 saturated heterocycles. The summed E-state index contributed by atoms with van der Waals surface area (Å²) in [6.07, 6.45) is 0.0960. The Morgan fingerprint density at radius 1 is 0.851 bits per heavy atom. The Morgan fingerprint density at radius 3 is 2.11 bits per heavy atom. The molecule has 0 aliphatic carbocycles. The number of amides is 2. The van der Waals surface area contributed by atoms with Crippen molar-refractivity contribution < 1.29 is 31.5 Å². The van der Waals surface area contributed by atoms with E-state index in [9.17, 15) is 22.4 Å². The second-order valence-electron chi connectivity index (χ2n) is 11.4. The summed E-state index contributed by atoms with van der Waals surface area (Å²) in [5, 5.41) is 2.89. The first kappa shape index (κ1) is 35.1. The highest BCUT2D eigenvalue weighted by Gasteiger charge is 2.35. The monoisotopic (exact) mass is 663 g/mol. The number of hydrogen-bond acceptors (Lipinski definition) is 5. The van der Waals surface area contributed by atoms with Crippen LogP contribution in [0.15, 0.2) is 108 Å². The van der Waals surface area contributed by atoms with Crippen molar-refractivity contribution in [3.63, 3.8) is 0 Å². The van der Waals surface area contributed by atoms with Crippen molar-refractivity contribution in [1.82, 2.24) is 10.2 Å². The molecular formula is C36H39F2N3O5S. The number of anilines is 1. The number of nitrogens with one attached hydrogen (secondary N) is 1. The van der Waals surface area contributed by atoms with E-state index in [1.54, 1.807) is 18.2 Å². The van der Waals surface area contributed by atoms with Crippen LogP contribution in [-0.2, 0) is 32.6 Å². The second kappa shape index (κ2) is 16.2. The van der Waals surface area contributed by atoms with Gasteiger partial charge in [0.2, 0.25) is 11.8 Å². The van der Waals surface area contributed by atoms with E-state index in [0.29, 0.717) is 18.9 Å². The van der Waals surface area contributed by atoms with Crippen LogP contribution in [0.1, 0.15) is 31.9 Å². The van der Waals surface area contributed by atoms with Gasteiger partial charge in [-0.1, -0.05) is 62.4 Å². The molecule has 1 atom stereocenters. The molecule has 0 saturated carbocycles. The molecule has 8 nitrogen and oxygen atoms in total. The topological polar surface area (TPSA) is 96.0 Å². The van der Waals surface area contributed by atoms with E-state index in [0.717, 1.165) is 34.1 Å². The molecule has 1 unspecified atom stereocenters. The van der Waals surface area contributed by atoms with Crippen molar-refractivity contribution in [3.05, 3.63) is 126 Å². The third kappa shape index (κ3) is 9.38. The van der Waals surface area contributed by atoms with Crippen LogP contribution in [0.25, 0.3) is 0 Å². The van der Waals surface area contributed by atoms with E-state index in [-0.39, 0.29) is 35.0 Å². The maximum Gasteiger partial charge on any atom is 0.264 e. The standard InChI is InChI=1S/C36H39F2N3O5S/c1-4-46-31-18-16-30(17-19-31)41(47(44,45)32-20-14-29(37)15-21-32)25-35(42)40(24-28-12-8-9-13-33(28)38)34(36(43)39-23-26(2)3)22-27-10-6-5-7-11-27/h5-21,26,34H,4,22-25H2,1-3H3,(H,39,43). The van der Waals surface area contributed by atoms with Crippen LogP contribution in [0, 0.1) is 17.6 Å². The maximum absolute atomic E-state index is 15.0. The van der Waals surface area contributed by atoms with Crippen LogP contribution in [0.2, 0.25) is 0 Å². The molecule has 0 aliphatic rings. The normalized spacial score (nSPS) is 12.0. The van der Waals surface area contributed by atoms with Gasteiger partial charge in [-0.2, -0.15) is 0 Å². The first-order chi connectivity index (χ1) is 22.5. The molecule has 0 heterocycles. The van der Waals surface area contributed by atoms with Gasteiger partial charge in [-0.3, -0.25) is 13.9 Å². The molecule has 4 aromatic carbocycles. The van der Waals surface area contributed by atoms with Crippen molar-refractivity contribution in [2.45, 2.75) is 44.7 Å². The lowest BCUT2D eigenvalue weighted by atomic mass is 10.0. The molecule has 4 rings (SSSR count). The Bertz CT molecular complexity index is 1730. The first-order valence-corrected chi connectivity index (χ1v) is 16.8. The summed E-state index contributed by atoms with van der Waals surface area (Å²) in [7, 11) is -4.43. The van der Waals surface area contributed by atoms with E-state index in [2.05, 4.69) is 5.32 Å². The molecule has 0 spiro atoms. The third-order valence-corrected chi connectivity index (χ3v) is 9.16. The minimum Gasteiger partial charge on any atom is -0.494 e. The summed E-state index contributed by atoms with van der Waals surface area (Å²) in [5.41, 5.74) is 1.05. The van der Waals surface area contributed by atoms with Crippen molar-refractivity contribution in [3.8, 4) is 5.75 Å². The van der Waals surface area contributed by atoms with E-state index < -0.39 is 46.1 Å². The van der Waals surface area contributed by atoms with E-state index in [1.807, 2.05) is 51.1 Å². The number of sulfonamides is 1. The molecule has 0 aliphatic heterocycles. The predicted molar refractivity (Wildman–Crippen MR) is 177 cm³/mol. The van der Waals surface area contributed by atoms with Crippen LogP contribution < -0.4 is 14.4 Å². The molecule has 0 aromatic heterocycles. The number of ether oxygens (including phenoxy) is 1. The lowest BCUT2D eigenvalue weighted by molar-refractivity contribution is -0.140. The Kier molecular flexibility index (Phi) is 12.1. The summed E-state index contributed by atoms with van der Waals surface area (Å²) < 4.78 is 63.3. The van der Waals surface area contributed by atoms with Gasteiger partial charge in [0.1, 0.15) is 30.0 Å². The van der Waals surface area contributed by atoms with Crippen LogP contribution >= 0.6 is 0 Å². The van der Waals surface area contributed by atoms with Gasteiger partial charge in [0.25, 0.3) is 10.0 Å². The van der Waals surface area contributed by atoms with Gasteiger partial charge in [0, 0.05) is 25.1 Å². The highest BCUT2D eigenvalue weighted by atomic mass is 32.2. The summed E-state index contributed by atoms with van der Waals surface area (Å²) in [6.45, 7) is 5.38. The number of nitrogens with zero attached hydrogens (tertiary/aromatic N) is 2. The number of carbonyl (C=O) groups is 2. The van der Waals surface area contributed by atoms with Crippen molar-refractivity contribution in [2.75, 3.05) is 24.0 Å². The van der Waals surface area contributed by atoms with Gasteiger partial charge >= 0.3 is 0 Å². The number of hydrogen-bond donors (Lipinski definition) is 1. The first-order valence-electron chi connectivity index (χ1n) is 15.3. The number of benzene rings is 4. The second-order valence-corrected chi connectivity index (χ2v) is 13.2. The summed E-state index contributed by atoms with van der Waals surface area (Å²) in [4.78, 5) is 29.2. The smallest absolute Gasteiger partial charge is 0.264 e. The van der Waals surface area contributed by atoms with Crippen LogP contribution in [-0.4, -0.2) is 50.9 Å². The number of rotatable bonds is 15. The molecule has 0 bridgehead atoms. The maximum atomic E-state index is 15.0. The molecule has 0 radical (unpaired) electrons. The quantitative estimate of drug-likeness (QED) is 0.169. The highest BCUT2D eigenvalue weighted by Crippen LogP contribution is 2.27. The van der Waals surface area contributed by atoms with E-state index in [4.69, 9.17) is 4.74 Å². The van der Waals surface area contributed by atoms with Gasteiger partial charge in [0.05, 0.1) is 17.2 Å². The molecular weight excluding hydrogens is 624 g/mol. The van der Waals surface area contributed by atoms with E-state index in [1.165, 1.54) is 35.2 Å². The molecule has 2 amide bonds. The minimum atomic E-state index is -4.43. The zero-order chi connectivity index (χ0) is 34.0. The zero-order valence-electron chi connectivity index (χ0n) is 26.6. The van der Waals surface area contributed by atoms with Crippen molar-refractivity contribution in [2.24, 2.45) is 5.92 Å².